The van der Waals surface area contributed by atoms with Crippen molar-refractivity contribution in [2.75, 3.05) is 4.90 Å². The zero-order valence-corrected chi connectivity index (χ0v) is 18.7. The Morgan fingerprint density at radius 2 is 1.06 bits per heavy atom. The lowest BCUT2D eigenvalue weighted by Gasteiger charge is -2.26. The SMILES string of the molecule is Cc1ccc(N(c2ccc(-c3ccccc3)cc2)c2ccc3c(c2)Cc2ccccc2-3)cc1. The molecule has 33 heavy (non-hydrogen) atoms. The third-order valence-corrected chi connectivity index (χ3v) is 6.56. The van der Waals surface area contributed by atoms with Crippen molar-refractivity contribution in [1.29, 1.82) is 0 Å². The molecule has 0 atom stereocenters. The summed E-state index contributed by atoms with van der Waals surface area (Å²) < 4.78 is 0. The first-order valence-electron chi connectivity index (χ1n) is 11.5. The Morgan fingerprint density at radius 1 is 0.485 bits per heavy atom. The van der Waals surface area contributed by atoms with Crippen LogP contribution in [0.5, 0.6) is 0 Å². The second-order valence-corrected chi connectivity index (χ2v) is 8.76. The first-order valence-corrected chi connectivity index (χ1v) is 11.5. The van der Waals surface area contributed by atoms with Crippen LogP contribution in [-0.4, -0.2) is 0 Å². The van der Waals surface area contributed by atoms with Crippen LogP contribution in [0.25, 0.3) is 22.3 Å². The number of nitrogens with zero attached hydrogens (tertiary/aromatic N) is 1. The van der Waals surface area contributed by atoms with E-state index in [9.17, 15) is 0 Å². The molecule has 1 aliphatic rings. The lowest BCUT2D eigenvalue weighted by Crippen LogP contribution is -2.10. The van der Waals surface area contributed by atoms with Crippen molar-refractivity contribution >= 4 is 17.1 Å². The van der Waals surface area contributed by atoms with Crippen molar-refractivity contribution in [2.24, 2.45) is 0 Å². The van der Waals surface area contributed by atoms with Crippen LogP contribution in [0, 0.1) is 6.92 Å². The average Bonchev–Trinajstić information content (AvgIpc) is 3.24. The second kappa shape index (κ2) is 8.11. The van der Waals surface area contributed by atoms with Crippen LogP contribution in [0.4, 0.5) is 17.1 Å². The highest BCUT2D eigenvalue weighted by Crippen LogP contribution is 2.42. The summed E-state index contributed by atoms with van der Waals surface area (Å²) in [5.41, 5.74) is 12.8. The Bertz CT molecular complexity index is 1410. The number of benzene rings is 5. The summed E-state index contributed by atoms with van der Waals surface area (Å²) >= 11 is 0. The van der Waals surface area contributed by atoms with E-state index in [-0.39, 0.29) is 0 Å². The third kappa shape index (κ3) is 3.62. The monoisotopic (exact) mass is 423 g/mol. The van der Waals surface area contributed by atoms with E-state index in [4.69, 9.17) is 0 Å². The van der Waals surface area contributed by atoms with Gasteiger partial charge in [-0.25, -0.2) is 0 Å². The predicted molar refractivity (Wildman–Crippen MR) is 140 cm³/mol. The lowest BCUT2D eigenvalue weighted by molar-refractivity contribution is 1.23. The standard InChI is InChI=1S/C32H25N/c1-23-11-15-28(16-12-23)33(29-17-13-25(14-18-29)24-7-3-2-4-8-24)30-19-20-32-27(22-30)21-26-9-5-6-10-31(26)32/h2-20,22H,21H2,1H3. The maximum Gasteiger partial charge on any atom is 0.0464 e. The van der Waals surface area contributed by atoms with E-state index in [1.165, 1.54) is 50.3 Å². The summed E-state index contributed by atoms with van der Waals surface area (Å²) in [4.78, 5) is 2.36. The molecule has 158 valence electrons. The molecule has 6 rings (SSSR count). The minimum atomic E-state index is 0.994. The van der Waals surface area contributed by atoms with Gasteiger partial charge in [-0.15, -0.1) is 0 Å². The summed E-state index contributed by atoms with van der Waals surface area (Å²) in [6.45, 7) is 2.13. The van der Waals surface area contributed by atoms with Crippen molar-refractivity contribution < 1.29 is 0 Å². The van der Waals surface area contributed by atoms with Gasteiger partial charge in [0.25, 0.3) is 0 Å². The molecule has 0 fully saturated rings. The van der Waals surface area contributed by atoms with Gasteiger partial charge in [-0.05, 0) is 83.1 Å². The molecule has 0 amide bonds. The highest BCUT2D eigenvalue weighted by molar-refractivity contribution is 5.83. The maximum absolute atomic E-state index is 2.36. The first kappa shape index (κ1) is 19.6. The van der Waals surface area contributed by atoms with Crippen molar-refractivity contribution in [1.82, 2.24) is 0 Å². The molecule has 0 saturated carbocycles. The van der Waals surface area contributed by atoms with Gasteiger partial charge >= 0.3 is 0 Å². The van der Waals surface area contributed by atoms with E-state index in [2.05, 4.69) is 133 Å². The fourth-order valence-corrected chi connectivity index (χ4v) is 4.85. The zero-order valence-electron chi connectivity index (χ0n) is 18.7. The second-order valence-electron chi connectivity index (χ2n) is 8.76. The number of aryl methyl sites for hydroxylation is 1. The molecule has 1 aliphatic carbocycles. The van der Waals surface area contributed by atoms with Crippen molar-refractivity contribution in [3.05, 3.63) is 138 Å². The summed E-state index contributed by atoms with van der Waals surface area (Å²) in [5.74, 6) is 0. The van der Waals surface area contributed by atoms with Crippen molar-refractivity contribution in [3.8, 4) is 22.3 Å². The van der Waals surface area contributed by atoms with E-state index in [1.807, 2.05) is 0 Å². The molecule has 0 aromatic heterocycles. The summed E-state index contributed by atoms with van der Waals surface area (Å²) in [6, 6.07) is 43.9. The van der Waals surface area contributed by atoms with Crippen LogP contribution in [-0.2, 0) is 6.42 Å². The fraction of sp³-hybridized carbons (Fsp3) is 0.0625. The molecule has 5 aromatic rings. The van der Waals surface area contributed by atoms with Gasteiger partial charge < -0.3 is 4.90 Å². The third-order valence-electron chi connectivity index (χ3n) is 6.56. The van der Waals surface area contributed by atoms with Crippen LogP contribution in [0.1, 0.15) is 16.7 Å². The van der Waals surface area contributed by atoms with E-state index in [0.717, 1.165) is 12.1 Å². The predicted octanol–water partition coefficient (Wildman–Crippen LogP) is 8.70. The molecule has 0 heterocycles. The van der Waals surface area contributed by atoms with Gasteiger partial charge in [0.05, 0.1) is 0 Å². The Kier molecular flexibility index (Phi) is 4.81. The molecule has 5 aromatic carbocycles. The van der Waals surface area contributed by atoms with Gasteiger partial charge in [0.15, 0.2) is 0 Å². The smallest absolute Gasteiger partial charge is 0.0464 e. The molecule has 1 nitrogen and oxygen atoms in total. The quantitative estimate of drug-likeness (QED) is 0.274. The number of hydrogen-bond acceptors (Lipinski definition) is 1. The molecule has 0 aliphatic heterocycles. The Labute approximate surface area is 195 Å². The van der Waals surface area contributed by atoms with Gasteiger partial charge in [0.2, 0.25) is 0 Å². The molecular formula is C32H25N. The van der Waals surface area contributed by atoms with Gasteiger partial charge in [0.1, 0.15) is 0 Å². The van der Waals surface area contributed by atoms with E-state index in [0.29, 0.717) is 0 Å². The maximum atomic E-state index is 2.36. The molecule has 1 heteroatoms. The number of hydrogen-bond donors (Lipinski definition) is 0. The number of rotatable bonds is 4. The van der Waals surface area contributed by atoms with Crippen molar-refractivity contribution in [2.45, 2.75) is 13.3 Å². The Balaban J connectivity index is 1.43. The minimum absolute atomic E-state index is 0.994. The van der Waals surface area contributed by atoms with Crippen LogP contribution in [0.2, 0.25) is 0 Å². The lowest BCUT2D eigenvalue weighted by atomic mass is 10.0. The first-order chi connectivity index (χ1) is 16.3. The molecule has 0 unspecified atom stereocenters. The van der Waals surface area contributed by atoms with Gasteiger partial charge in [-0.1, -0.05) is 90.5 Å². The Hall–Kier alpha value is -4.10. The summed E-state index contributed by atoms with van der Waals surface area (Å²) in [6.07, 6.45) is 0.994. The Morgan fingerprint density at radius 3 is 1.82 bits per heavy atom. The van der Waals surface area contributed by atoms with Crippen LogP contribution in [0.3, 0.4) is 0 Å². The fourth-order valence-electron chi connectivity index (χ4n) is 4.85. The largest absolute Gasteiger partial charge is 0.310 e. The van der Waals surface area contributed by atoms with Gasteiger partial charge in [0, 0.05) is 17.1 Å². The highest BCUT2D eigenvalue weighted by atomic mass is 15.1. The topological polar surface area (TPSA) is 3.24 Å². The zero-order chi connectivity index (χ0) is 22.2. The molecule has 0 radical (unpaired) electrons. The summed E-state index contributed by atoms with van der Waals surface area (Å²) in [7, 11) is 0. The molecule has 0 spiro atoms. The highest BCUT2D eigenvalue weighted by Gasteiger charge is 2.20. The summed E-state index contributed by atoms with van der Waals surface area (Å²) in [5, 5.41) is 0. The van der Waals surface area contributed by atoms with Crippen LogP contribution < -0.4 is 4.90 Å². The van der Waals surface area contributed by atoms with Gasteiger partial charge in [-0.3, -0.25) is 0 Å². The number of anilines is 3. The van der Waals surface area contributed by atoms with Crippen LogP contribution in [0.15, 0.2) is 121 Å². The van der Waals surface area contributed by atoms with E-state index >= 15 is 0 Å². The molecule has 0 saturated heterocycles. The molecule has 0 bridgehead atoms. The normalized spacial score (nSPS) is 11.7. The van der Waals surface area contributed by atoms with E-state index < -0.39 is 0 Å². The van der Waals surface area contributed by atoms with E-state index in [1.54, 1.807) is 0 Å². The van der Waals surface area contributed by atoms with Crippen LogP contribution >= 0.6 is 0 Å². The molecular weight excluding hydrogens is 398 g/mol. The number of fused-ring (bicyclic) bond motifs is 3. The average molecular weight is 424 g/mol. The minimum Gasteiger partial charge on any atom is -0.310 e. The van der Waals surface area contributed by atoms with Gasteiger partial charge in [-0.2, -0.15) is 0 Å². The van der Waals surface area contributed by atoms with Crippen molar-refractivity contribution in [3.63, 3.8) is 0 Å². The molecule has 0 N–H and O–H groups in total.